The first-order chi connectivity index (χ1) is 13.6. The van der Waals surface area contributed by atoms with Crippen molar-refractivity contribution in [3.8, 4) is 0 Å². The van der Waals surface area contributed by atoms with Crippen molar-refractivity contribution in [2.45, 2.75) is 38.3 Å². The average Bonchev–Trinajstić information content (AvgIpc) is 3.31. The number of fused-ring (bicyclic) bond motifs is 2. The number of nitrogens with two attached hydrogens (primary N) is 1. The van der Waals surface area contributed by atoms with Gasteiger partial charge in [-0.1, -0.05) is 19.1 Å². The smallest absolute Gasteiger partial charge is 0.221 e. The lowest BCUT2D eigenvalue weighted by atomic mass is 9.77. The molecule has 3 heterocycles. The number of nitrogens with zero attached hydrogens (tertiary/aromatic N) is 5. The average molecular weight is 378 g/mol. The van der Waals surface area contributed by atoms with E-state index >= 15 is 0 Å². The first kappa shape index (κ1) is 17.4. The highest BCUT2D eigenvalue weighted by Gasteiger charge is 2.43. The maximum absolute atomic E-state index is 10.9. The van der Waals surface area contributed by atoms with Gasteiger partial charge in [0.25, 0.3) is 0 Å². The van der Waals surface area contributed by atoms with E-state index < -0.39 is 0 Å². The molecule has 3 N–H and O–H groups in total. The van der Waals surface area contributed by atoms with Gasteiger partial charge in [0, 0.05) is 24.8 Å². The molecule has 0 radical (unpaired) electrons. The number of nitrogen functional groups attached to an aromatic ring is 1. The fourth-order valence-electron chi connectivity index (χ4n) is 5.06. The minimum Gasteiger partial charge on any atom is -0.391 e. The van der Waals surface area contributed by atoms with Gasteiger partial charge in [0.1, 0.15) is 5.82 Å². The summed E-state index contributed by atoms with van der Waals surface area (Å²) in [7, 11) is 0. The van der Waals surface area contributed by atoms with E-state index in [0.717, 1.165) is 54.8 Å². The lowest BCUT2D eigenvalue weighted by Gasteiger charge is -2.36. The number of aliphatic hydroxyl groups excluding tert-OH is 1. The summed E-state index contributed by atoms with van der Waals surface area (Å²) in [6.07, 6.45) is 6.00. The Morgan fingerprint density at radius 3 is 2.75 bits per heavy atom. The van der Waals surface area contributed by atoms with E-state index in [1.807, 2.05) is 30.7 Å². The SMILES string of the molecule is CCc1cnc(N)nc1N1C[C@H]2C[C@@H](n3cnc4ccccc43)[C@H](O)C[C@H]2C1. The van der Waals surface area contributed by atoms with Crippen LogP contribution < -0.4 is 10.6 Å². The molecule has 1 aliphatic carbocycles. The molecule has 5 rings (SSSR count). The molecule has 7 nitrogen and oxygen atoms in total. The monoisotopic (exact) mass is 378 g/mol. The summed E-state index contributed by atoms with van der Waals surface area (Å²) in [5.74, 6) is 2.28. The second-order valence-electron chi connectivity index (χ2n) is 8.10. The van der Waals surface area contributed by atoms with Crippen LogP contribution >= 0.6 is 0 Å². The second kappa shape index (κ2) is 6.74. The molecule has 1 saturated carbocycles. The first-order valence-electron chi connectivity index (χ1n) is 10.1. The van der Waals surface area contributed by atoms with Gasteiger partial charge in [-0.05, 0) is 43.2 Å². The number of hydrogen-bond donors (Lipinski definition) is 2. The van der Waals surface area contributed by atoms with Gasteiger partial charge in [-0.25, -0.2) is 9.97 Å². The molecule has 1 aliphatic heterocycles. The van der Waals surface area contributed by atoms with Crippen molar-refractivity contribution in [1.82, 2.24) is 19.5 Å². The predicted molar refractivity (Wildman–Crippen MR) is 109 cm³/mol. The Balaban J connectivity index is 1.41. The molecule has 0 bridgehead atoms. The Kier molecular flexibility index (Phi) is 4.19. The van der Waals surface area contributed by atoms with Gasteiger partial charge >= 0.3 is 0 Å². The number of anilines is 2. The number of rotatable bonds is 3. The van der Waals surface area contributed by atoms with Crippen LogP contribution in [0.15, 0.2) is 36.8 Å². The van der Waals surface area contributed by atoms with Crippen LogP contribution in [0.2, 0.25) is 0 Å². The number of aromatic nitrogens is 4. The minimum atomic E-state index is -0.361. The van der Waals surface area contributed by atoms with E-state index in [0.29, 0.717) is 17.8 Å². The van der Waals surface area contributed by atoms with E-state index in [2.05, 4.69) is 37.4 Å². The Morgan fingerprint density at radius 2 is 1.93 bits per heavy atom. The van der Waals surface area contributed by atoms with Gasteiger partial charge in [-0.15, -0.1) is 0 Å². The van der Waals surface area contributed by atoms with E-state index in [-0.39, 0.29) is 12.1 Å². The summed E-state index contributed by atoms with van der Waals surface area (Å²) in [5, 5.41) is 10.9. The van der Waals surface area contributed by atoms with E-state index in [1.165, 1.54) is 0 Å². The highest BCUT2D eigenvalue weighted by molar-refractivity contribution is 5.75. The van der Waals surface area contributed by atoms with E-state index in [9.17, 15) is 5.11 Å². The normalized spacial score (nSPS) is 27.3. The number of benzene rings is 1. The Hall–Kier alpha value is -2.67. The molecule has 3 aromatic rings. The van der Waals surface area contributed by atoms with Crippen LogP contribution in [0.3, 0.4) is 0 Å². The van der Waals surface area contributed by atoms with Crippen LogP contribution in [-0.2, 0) is 6.42 Å². The topological polar surface area (TPSA) is 93.1 Å². The molecule has 1 aromatic carbocycles. The van der Waals surface area contributed by atoms with Crippen LogP contribution in [0.5, 0.6) is 0 Å². The van der Waals surface area contributed by atoms with Crippen molar-refractivity contribution in [3.05, 3.63) is 42.4 Å². The Labute approximate surface area is 164 Å². The largest absolute Gasteiger partial charge is 0.391 e. The van der Waals surface area contributed by atoms with E-state index in [4.69, 9.17) is 5.73 Å². The zero-order chi connectivity index (χ0) is 19.3. The number of aliphatic hydroxyl groups is 1. The molecule has 4 atom stereocenters. The van der Waals surface area contributed by atoms with E-state index in [1.54, 1.807) is 0 Å². The van der Waals surface area contributed by atoms with Crippen molar-refractivity contribution in [1.29, 1.82) is 0 Å². The molecule has 0 amide bonds. The summed E-state index contributed by atoms with van der Waals surface area (Å²) in [5.41, 5.74) is 9.06. The molecule has 2 aliphatic rings. The zero-order valence-corrected chi connectivity index (χ0v) is 16.1. The molecular weight excluding hydrogens is 352 g/mol. The third-order valence-corrected chi connectivity index (χ3v) is 6.49. The zero-order valence-electron chi connectivity index (χ0n) is 16.1. The summed E-state index contributed by atoms with van der Waals surface area (Å²) >= 11 is 0. The van der Waals surface area contributed by atoms with Crippen LogP contribution in [0.4, 0.5) is 11.8 Å². The molecule has 0 spiro atoms. The maximum atomic E-state index is 10.9. The van der Waals surface area contributed by atoms with Gasteiger partial charge in [-0.2, -0.15) is 4.98 Å². The molecule has 2 aromatic heterocycles. The standard InChI is InChI=1S/C21H26N6O/c1-2-13-9-23-21(22)25-20(13)26-10-14-7-18(19(28)8-15(14)11-26)27-12-24-16-5-3-4-6-17(16)27/h3-6,9,12,14-15,18-19,28H,2,7-8,10-11H2,1H3,(H2,22,23,25)/t14-,15+,18-,19-/m1/s1. The lowest BCUT2D eigenvalue weighted by Crippen LogP contribution is -2.36. The summed E-state index contributed by atoms with van der Waals surface area (Å²) in [6, 6.07) is 8.20. The highest BCUT2D eigenvalue weighted by Crippen LogP contribution is 2.43. The molecule has 28 heavy (non-hydrogen) atoms. The summed E-state index contributed by atoms with van der Waals surface area (Å²) in [6.45, 7) is 3.98. The van der Waals surface area contributed by atoms with Crippen LogP contribution in [0.1, 0.15) is 31.4 Å². The fourth-order valence-corrected chi connectivity index (χ4v) is 5.06. The third-order valence-electron chi connectivity index (χ3n) is 6.49. The van der Waals surface area contributed by atoms with Gasteiger partial charge in [-0.3, -0.25) is 0 Å². The van der Waals surface area contributed by atoms with Gasteiger partial charge in [0.2, 0.25) is 5.95 Å². The van der Waals surface area contributed by atoms with Gasteiger partial charge < -0.3 is 20.3 Å². The molecule has 146 valence electrons. The molecule has 1 saturated heterocycles. The van der Waals surface area contributed by atoms with Crippen molar-refractivity contribution in [3.63, 3.8) is 0 Å². The van der Waals surface area contributed by atoms with Crippen molar-refractivity contribution >= 4 is 22.8 Å². The number of imidazole rings is 1. The van der Waals surface area contributed by atoms with Gasteiger partial charge in [0.15, 0.2) is 0 Å². The third kappa shape index (κ3) is 2.81. The molecular formula is C21H26N6O. The maximum Gasteiger partial charge on any atom is 0.221 e. The van der Waals surface area contributed by atoms with Crippen molar-refractivity contribution in [2.75, 3.05) is 23.7 Å². The number of para-hydroxylation sites is 2. The minimum absolute atomic E-state index is 0.0646. The molecule has 7 heteroatoms. The van der Waals surface area contributed by atoms with Crippen molar-refractivity contribution in [2.24, 2.45) is 11.8 Å². The predicted octanol–water partition coefficient (Wildman–Crippen LogP) is 2.42. The van der Waals surface area contributed by atoms with Crippen LogP contribution in [0.25, 0.3) is 11.0 Å². The first-order valence-corrected chi connectivity index (χ1v) is 10.1. The molecule has 2 fully saturated rings. The van der Waals surface area contributed by atoms with Crippen molar-refractivity contribution < 1.29 is 5.11 Å². The highest BCUT2D eigenvalue weighted by atomic mass is 16.3. The van der Waals surface area contributed by atoms with Crippen LogP contribution in [0, 0.1) is 11.8 Å². The Morgan fingerprint density at radius 1 is 1.14 bits per heavy atom. The summed E-state index contributed by atoms with van der Waals surface area (Å²) < 4.78 is 2.17. The van der Waals surface area contributed by atoms with Crippen LogP contribution in [-0.4, -0.2) is 43.8 Å². The quantitative estimate of drug-likeness (QED) is 0.727. The number of aryl methyl sites for hydroxylation is 1. The van der Waals surface area contributed by atoms with Gasteiger partial charge in [0.05, 0.1) is 29.5 Å². The lowest BCUT2D eigenvalue weighted by molar-refractivity contribution is 0.0375. The fraction of sp³-hybridized carbons (Fsp3) is 0.476. The second-order valence-corrected chi connectivity index (χ2v) is 8.10. The summed E-state index contributed by atoms with van der Waals surface area (Å²) in [4.78, 5) is 15.5. The number of hydrogen-bond acceptors (Lipinski definition) is 6. The molecule has 0 unspecified atom stereocenters. The Bertz CT molecular complexity index is 1000.